The van der Waals surface area contributed by atoms with Crippen molar-refractivity contribution in [2.45, 2.75) is 30.2 Å². The number of carbonyl (C=O) groups excluding carboxylic acids is 2. The summed E-state index contributed by atoms with van der Waals surface area (Å²) in [6.45, 7) is 0.133. The summed E-state index contributed by atoms with van der Waals surface area (Å²) < 4.78 is 22.9. The number of primary sulfonamides is 1. The van der Waals surface area contributed by atoms with Crippen molar-refractivity contribution in [3.8, 4) is 0 Å². The second-order valence-corrected chi connectivity index (χ2v) is 8.22. The Labute approximate surface area is 150 Å². The number of nitrogens with zero attached hydrogens (tertiary/aromatic N) is 1. The quantitative estimate of drug-likeness (QED) is 0.636. The van der Waals surface area contributed by atoms with E-state index in [0.29, 0.717) is 18.5 Å². The van der Waals surface area contributed by atoms with Crippen LogP contribution in [0.25, 0.3) is 0 Å². The van der Waals surface area contributed by atoms with E-state index in [-0.39, 0.29) is 35.7 Å². The first-order valence-electron chi connectivity index (χ1n) is 8.11. The van der Waals surface area contributed by atoms with Crippen molar-refractivity contribution in [1.82, 2.24) is 5.32 Å². The summed E-state index contributed by atoms with van der Waals surface area (Å²) in [6.07, 6.45) is 0.796. The number of carboxylic acids is 1. The van der Waals surface area contributed by atoms with Gasteiger partial charge in [-0.15, -0.1) is 0 Å². The molecule has 2 aliphatic rings. The molecule has 1 saturated carbocycles. The highest BCUT2D eigenvalue weighted by molar-refractivity contribution is 7.89. The van der Waals surface area contributed by atoms with Gasteiger partial charge in [-0.3, -0.25) is 14.4 Å². The number of hydrogen-bond donors (Lipinski definition) is 3. The van der Waals surface area contributed by atoms with E-state index in [0.717, 1.165) is 0 Å². The van der Waals surface area contributed by atoms with Gasteiger partial charge < -0.3 is 15.3 Å². The second kappa shape index (κ2) is 6.69. The zero-order chi connectivity index (χ0) is 19.1. The van der Waals surface area contributed by atoms with Gasteiger partial charge in [0, 0.05) is 24.7 Å². The number of benzene rings is 1. The lowest BCUT2D eigenvalue weighted by Gasteiger charge is -2.33. The number of sulfonamides is 1. The molecule has 10 heteroatoms. The third-order valence-electron chi connectivity index (χ3n) is 4.79. The maximum atomic E-state index is 12.3. The standard InChI is InChI=1S/C16H19N3O6S/c17-26(24,25)13-3-1-2-12(7-13)19-8-10(6-14(19)20)15(21)18-11-4-9(5-11)16(22)23/h1-3,7,9-11H,4-6,8H2,(H,18,21)(H,22,23)(H2,17,24,25). The molecule has 2 fully saturated rings. The molecule has 0 bridgehead atoms. The molecule has 0 aromatic heterocycles. The van der Waals surface area contributed by atoms with Crippen LogP contribution in [-0.4, -0.2) is 43.9 Å². The van der Waals surface area contributed by atoms with Crippen LogP contribution in [0, 0.1) is 11.8 Å². The Morgan fingerprint density at radius 3 is 2.54 bits per heavy atom. The molecule has 1 heterocycles. The molecule has 1 aliphatic carbocycles. The van der Waals surface area contributed by atoms with Gasteiger partial charge in [-0.1, -0.05) is 6.07 Å². The summed E-state index contributed by atoms with van der Waals surface area (Å²) in [6, 6.07) is 5.51. The van der Waals surface area contributed by atoms with Crippen LogP contribution >= 0.6 is 0 Å². The van der Waals surface area contributed by atoms with Crippen LogP contribution in [0.4, 0.5) is 5.69 Å². The Hall–Kier alpha value is -2.46. The number of nitrogens with one attached hydrogen (secondary N) is 1. The summed E-state index contributed by atoms with van der Waals surface area (Å²) in [5.74, 6) is -2.44. The molecule has 1 aliphatic heterocycles. The first kappa shape index (κ1) is 18.3. The Kier molecular flexibility index (Phi) is 4.72. The van der Waals surface area contributed by atoms with Gasteiger partial charge in [-0.25, -0.2) is 13.6 Å². The van der Waals surface area contributed by atoms with Gasteiger partial charge in [0.1, 0.15) is 0 Å². The van der Waals surface area contributed by atoms with E-state index in [9.17, 15) is 22.8 Å². The van der Waals surface area contributed by atoms with E-state index in [2.05, 4.69) is 5.32 Å². The van der Waals surface area contributed by atoms with Gasteiger partial charge >= 0.3 is 5.97 Å². The van der Waals surface area contributed by atoms with E-state index < -0.39 is 27.8 Å². The van der Waals surface area contributed by atoms with E-state index in [1.807, 2.05) is 0 Å². The average Bonchev–Trinajstić information content (AvgIpc) is 2.91. The van der Waals surface area contributed by atoms with Crippen LogP contribution in [0.1, 0.15) is 19.3 Å². The maximum Gasteiger partial charge on any atom is 0.306 e. The highest BCUT2D eigenvalue weighted by atomic mass is 32.2. The van der Waals surface area contributed by atoms with Crippen LogP contribution in [0.3, 0.4) is 0 Å². The van der Waals surface area contributed by atoms with Gasteiger partial charge in [0.25, 0.3) is 0 Å². The van der Waals surface area contributed by atoms with Gasteiger partial charge in [0.05, 0.1) is 16.7 Å². The zero-order valence-corrected chi connectivity index (χ0v) is 14.6. The molecule has 0 radical (unpaired) electrons. The van der Waals surface area contributed by atoms with Gasteiger partial charge in [0.2, 0.25) is 21.8 Å². The fourth-order valence-electron chi connectivity index (χ4n) is 3.22. The highest BCUT2D eigenvalue weighted by Crippen LogP contribution is 2.30. The first-order valence-corrected chi connectivity index (χ1v) is 9.66. The molecule has 1 saturated heterocycles. The molecule has 9 nitrogen and oxygen atoms in total. The molecule has 1 aromatic rings. The second-order valence-electron chi connectivity index (χ2n) is 6.66. The smallest absolute Gasteiger partial charge is 0.306 e. The van der Waals surface area contributed by atoms with Crippen LogP contribution in [0.2, 0.25) is 0 Å². The lowest BCUT2D eigenvalue weighted by Crippen LogP contribution is -2.48. The van der Waals surface area contributed by atoms with Crippen molar-refractivity contribution in [1.29, 1.82) is 0 Å². The summed E-state index contributed by atoms with van der Waals surface area (Å²) in [7, 11) is -3.89. The molecule has 26 heavy (non-hydrogen) atoms. The number of anilines is 1. The number of carboxylic acid groups (broad SMARTS) is 1. The first-order chi connectivity index (χ1) is 12.1. The SMILES string of the molecule is NS(=O)(=O)c1cccc(N2CC(C(=O)NC3CC(C(=O)O)C3)CC2=O)c1. The molecule has 4 N–H and O–H groups in total. The Morgan fingerprint density at radius 2 is 1.92 bits per heavy atom. The fraction of sp³-hybridized carbons (Fsp3) is 0.438. The summed E-state index contributed by atoms with van der Waals surface area (Å²) in [5, 5.41) is 16.7. The normalized spacial score (nSPS) is 25.7. The average molecular weight is 381 g/mol. The van der Waals surface area contributed by atoms with Crippen LogP contribution in [-0.2, 0) is 24.4 Å². The monoisotopic (exact) mass is 381 g/mol. The van der Waals surface area contributed by atoms with Crippen molar-refractivity contribution in [2.24, 2.45) is 17.0 Å². The number of aliphatic carboxylic acids is 1. The number of rotatable bonds is 5. The molecular formula is C16H19N3O6S. The number of nitrogens with two attached hydrogens (primary N) is 1. The highest BCUT2D eigenvalue weighted by Gasteiger charge is 2.39. The number of carbonyl (C=O) groups is 3. The Morgan fingerprint density at radius 1 is 1.23 bits per heavy atom. The number of hydrogen-bond acceptors (Lipinski definition) is 5. The fourth-order valence-corrected chi connectivity index (χ4v) is 3.77. The van der Waals surface area contributed by atoms with Crippen LogP contribution in [0.5, 0.6) is 0 Å². The molecule has 2 amide bonds. The lowest BCUT2D eigenvalue weighted by molar-refractivity contribution is -0.146. The summed E-state index contributed by atoms with van der Waals surface area (Å²) >= 11 is 0. The Bertz CT molecular complexity index is 862. The third-order valence-corrected chi connectivity index (χ3v) is 5.70. The van der Waals surface area contributed by atoms with Gasteiger partial charge in [0.15, 0.2) is 0 Å². The largest absolute Gasteiger partial charge is 0.481 e. The van der Waals surface area contributed by atoms with E-state index in [4.69, 9.17) is 10.2 Å². The van der Waals surface area contributed by atoms with Crippen molar-refractivity contribution in [3.63, 3.8) is 0 Å². The minimum absolute atomic E-state index is 0.0144. The van der Waals surface area contributed by atoms with Crippen LogP contribution < -0.4 is 15.4 Å². The predicted molar refractivity (Wildman–Crippen MR) is 90.6 cm³/mol. The third kappa shape index (κ3) is 3.70. The van der Waals surface area contributed by atoms with E-state index in [1.165, 1.54) is 23.1 Å². The topological polar surface area (TPSA) is 147 Å². The van der Waals surface area contributed by atoms with E-state index in [1.54, 1.807) is 6.07 Å². The maximum absolute atomic E-state index is 12.3. The Balaban J connectivity index is 1.64. The van der Waals surface area contributed by atoms with Crippen molar-refractivity contribution in [2.75, 3.05) is 11.4 Å². The van der Waals surface area contributed by atoms with E-state index >= 15 is 0 Å². The lowest BCUT2D eigenvalue weighted by atomic mass is 9.80. The minimum Gasteiger partial charge on any atom is -0.481 e. The van der Waals surface area contributed by atoms with Crippen molar-refractivity contribution in [3.05, 3.63) is 24.3 Å². The van der Waals surface area contributed by atoms with Gasteiger partial charge in [-0.2, -0.15) is 0 Å². The molecule has 3 rings (SSSR count). The van der Waals surface area contributed by atoms with Crippen molar-refractivity contribution >= 4 is 33.5 Å². The zero-order valence-electron chi connectivity index (χ0n) is 13.8. The molecular weight excluding hydrogens is 362 g/mol. The van der Waals surface area contributed by atoms with Gasteiger partial charge in [-0.05, 0) is 31.0 Å². The molecule has 1 unspecified atom stereocenters. The number of amides is 2. The van der Waals surface area contributed by atoms with Crippen molar-refractivity contribution < 1.29 is 27.9 Å². The predicted octanol–water partition coefficient (Wildman–Crippen LogP) is -0.334. The molecule has 140 valence electrons. The molecule has 1 atom stereocenters. The summed E-state index contributed by atoms with van der Waals surface area (Å²) in [5.41, 5.74) is 0.367. The van der Waals surface area contributed by atoms with Crippen LogP contribution in [0.15, 0.2) is 29.2 Å². The molecule has 1 aromatic carbocycles. The molecule has 0 spiro atoms. The minimum atomic E-state index is -3.89. The summed E-state index contributed by atoms with van der Waals surface area (Å²) in [4.78, 5) is 36.6.